The van der Waals surface area contributed by atoms with Crippen LogP contribution in [0.3, 0.4) is 0 Å². The second-order valence-corrected chi connectivity index (χ2v) is 4.81. The summed E-state index contributed by atoms with van der Waals surface area (Å²) < 4.78 is 11.4. The number of rotatable bonds is 3. The molecule has 0 atom stereocenters. The van der Waals surface area contributed by atoms with Crippen molar-refractivity contribution in [2.45, 2.75) is 19.4 Å². The van der Waals surface area contributed by atoms with Gasteiger partial charge in [0.05, 0.1) is 12.2 Å². The molecule has 20 heavy (non-hydrogen) atoms. The molecular weight excluding hydrogens is 252 g/mol. The van der Waals surface area contributed by atoms with Gasteiger partial charge < -0.3 is 9.47 Å². The number of fused-ring (bicyclic) bond motifs is 1. The number of hydrogen-bond acceptors (Lipinski definition) is 3. The van der Waals surface area contributed by atoms with Gasteiger partial charge in [-0.2, -0.15) is 0 Å². The van der Waals surface area contributed by atoms with Gasteiger partial charge in [-0.25, -0.2) is 0 Å². The molecule has 0 N–H and O–H groups in total. The number of carbonyl (C=O) groups excluding carboxylic acids is 1. The molecule has 3 heteroatoms. The summed E-state index contributed by atoms with van der Waals surface area (Å²) in [4.78, 5) is 11.9. The molecule has 0 aromatic heterocycles. The summed E-state index contributed by atoms with van der Waals surface area (Å²) in [5.74, 6) is 1.51. The van der Waals surface area contributed by atoms with Gasteiger partial charge in [-0.3, -0.25) is 4.79 Å². The summed E-state index contributed by atoms with van der Waals surface area (Å²) in [5, 5.41) is 0. The van der Waals surface area contributed by atoms with Gasteiger partial charge in [0.1, 0.15) is 18.1 Å². The molecule has 0 radical (unpaired) electrons. The van der Waals surface area contributed by atoms with Crippen molar-refractivity contribution in [1.82, 2.24) is 0 Å². The van der Waals surface area contributed by atoms with Crippen molar-refractivity contribution in [2.24, 2.45) is 0 Å². The van der Waals surface area contributed by atoms with Crippen LogP contribution >= 0.6 is 0 Å². The monoisotopic (exact) mass is 268 g/mol. The molecule has 2 aromatic carbocycles. The molecule has 0 saturated heterocycles. The standard InChI is InChI=1S/C17H16O3/c18-16-7-4-10-19-17-11-14(8-9-15(16)17)20-12-13-5-2-1-3-6-13/h1-3,5-6,8-9,11H,4,7,10,12H2. The van der Waals surface area contributed by atoms with E-state index in [0.29, 0.717) is 30.9 Å². The lowest BCUT2D eigenvalue weighted by molar-refractivity contribution is 0.0983. The van der Waals surface area contributed by atoms with Crippen molar-refractivity contribution in [1.29, 1.82) is 0 Å². The fraction of sp³-hybridized carbons (Fsp3) is 0.235. The van der Waals surface area contributed by atoms with Crippen LogP contribution in [0.15, 0.2) is 48.5 Å². The van der Waals surface area contributed by atoms with Crippen LogP contribution in [-0.4, -0.2) is 12.4 Å². The Bertz CT molecular complexity index is 605. The first-order chi connectivity index (χ1) is 9.83. The van der Waals surface area contributed by atoms with E-state index in [1.807, 2.05) is 42.5 Å². The Hall–Kier alpha value is -2.29. The first kappa shape index (κ1) is 12.7. The molecule has 0 bridgehead atoms. The first-order valence-electron chi connectivity index (χ1n) is 6.80. The Morgan fingerprint density at radius 2 is 1.95 bits per heavy atom. The third kappa shape index (κ3) is 2.82. The zero-order valence-corrected chi connectivity index (χ0v) is 11.2. The molecule has 1 heterocycles. The highest BCUT2D eigenvalue weighted by Crippen LogP contribution is 2.29. The van der Waals surface area contributed by atoms with E-state index >= 15 is 0 Å². The number of carbonyl (C=O) groups is 1. The van der Waals surface area contributed by atoms with Gasteiger partial charge >= 0.3 is 0 Å². The molecule has 1 aliphatic rings. The van der Waals surface area contributed by atoms with Gasteiger partial charge in [0.25, 0.3) is 0 Å². The fourth-order valence-corrected chi connectivity index (χ4v) is 2.23. The summed E-state index contributed by atoms with van der Waals surface area (Å²) in [7, 11) is 0. The SMILES string of the molecule is O=C1CCCOc2cc(OCc3ccccc3)ccc21. The Labute approximate surface area is 118 Å². The minimum absolute atomic E-state index is 0.145. The van der Waals surface area contributed by atoms with E-state index in [2.05, 4.69) is 0 Å². The van der Waals surface area contributed by atoms with E-state index < -0.39 is 0 Å². The van der Waals surface area contributed by atoms with Crippen LogP contribution in [0.2, 0.25) is 0 Å². The minimum atomic E-state index is 0.145. The van der Waals surface area contributed by atoms with Crippen molar-refractivity contribution in [3.05, 3.63) is 59.7 Å². The predicted molar refractivity (Wildman–Crippen MR) is 76.3 cm³/mol. The molecule has 1 aliphatic heterocycles. The van der Waals surface area contributed by atoms with Gasteiger partial charge in [0.15, 0.2) is 5.78 Å². The molecule has 3 nitrogen and oxygen atoms in total. The Morgan fingerprint density at radius 1 is 1.10 bits per heavy atom. The van der Waals surface area contributed by atoms with Crippen LogP contribution in [0.5, 0.6) is 11.5 Å². The van der Waals surface area contributed by atoms with E-state index in [1.54, 1.807) is 6.07 Å². The fourth-order valence-electron chi connectivity index (χ4n) is 2.23. The second kappa shape index (κ2) is 5.78. The highest BCUT2D eigenvalue weighted by molar-refractivity contribution is 5.99. The third-order valence-corrected chi connectivity index (χ3v) is 3.31. The zero-order chi connectivity index (χ0) is 13.8. The van der Waals surface area contributed by atoms with Crippen LogP contribution in [0.1, 0.15) is 28.8 Å². The largest absolute Gasteiger partial charge is 0.493 e. The van der Waals surface area contributed by atoms with Crippen molar-refractivity contribution in [3.63, 3.8) is 0 Å². The van der Waals surface area contributed by atoms with Crippen molar-refractivity contribution in [3.8, 4) is 11.5 Å². The van der Waals surface area contributed by atoms with E-state index in [4.69, 9.17) is 9.47 Å². The molecule has 0 aliphatic carbocycles. The average molecular weight is 268 g/mol. The molecule has 0 saturated carbocycles. The van der Waals surface area contributed by atoms with E-state index in [0.717, 1.165) is 17.7 Å². The van der Waals surface area contributed by atoms with Crippen LogP contribution in [0.4, 0.5) is 0 Å². The number of hydrogen-bond donors (Lipinski definition) is 0. The van der Waals surface area contributed by atoms with E-state index in [1.165, 1.54) is 0 Å². The predicted octanol–water partition coefficient (Wildman–Crippen LogP) is 3.62. The lowest BCUT2D eigenvalue weighted by Crippen LogP contribution is -2.00. The van der Waals surface area contributed by atoms with Crippen LogP contribution in [0, 0.1) is 0 Å². The number of Topliss-reactive ketones (excluding diaryl/α,β-unsaturated/α-hetero) is 1. The molecule has 0 amide bonds. The lowest BCUT2D eigenvalue weighted by atomic mass is 10.1. The summed E-state index contributed by atoms with van der Waals surface area (Å²) in [6.45, 7) is 1.09. The zero-order valence-electron chi connectivity index (χ0n) is 11.2. The van der Waals surface area contributed by atoms with Crippen molar-refractivity contribution in [2.75, 3.05) is 6.61 Å². The average Bonchev–Trinajstić information content (AvgIpc) is 2.68. The van der Waals surface area contributed by atoms with E-state index in [-0.39, 0.29) is 5.78 Å². The first-order valence-corrected chi connectivity index (χ1v) is 6.80. The lowest BCUT2D eigenvalue weighted by Gasteiger charge is -2.10. The molecule has 2 aromatic rings. The van der Waals surface area contributed by atoms with Gasteiger partial charge in [-0.1, -0.05) is 30.3 Å². The Balaban J connectivity index is 1.75. The van der Waals surface area contributed by atoms with Gasteiger partial charge in [-0.15, -0.1) is 0 Å². The molecule has 3 rings (SSSR count). The maximum absolute atomic E-state index is 11.9. The summed E-state index contributed by atoms with van der Waals surface area (Å²) in [6, 6.07) is 15.4. The smallest absolute Gasteiger partial charge is 0.166 e. The molecule has 0 spiro atoms. The van der Waals surface area contributed by atoms with Crippen LogP contribution < -0.4 is 9.47 Å². The molecule has 0 unspecified atom stereocenters. The van der Waals surface area contributed by atoms with Gasteiger partial charge in [-0.05, 0) is 24.1 Å². The van der Waals surface area contributed by atoms with Crippen LogP contribution in [0.25, 0.3) is 0 Å². The minimum Gasteiger partial charge on any atom is -0.493 e. The maximum atomic E-state index is 11.9. The maximum Gasteiger partial charge on any atom is 0.166 e. The summed E-state index contributed by atoms with van der Waals surface area (Å²) in [5.41, 5.74) is 1.77. The van der Waals surface area contributed by atoms with E-state index in [9.17, 15) is 4.79 Å². The number of ether oxygens (including phenoxy) is 2. The second-order valence-electron chi connectivity index (χ2n) is 4.81. The van der Waals surface area contributed by atoms with Gasteiger partial charge in [0, 0.05) is 12.5 Å². The topological polar surface area (TPSA) is 35.5 Å². The normalized spacial score (nSPS) is 14.1. The van der Waals surface area contributed by atoms with Crippen molar-refractivity contribution < 1.29 is 14.3 Å². The Morgan fingerprint density at radius 3 is 2.80 bits per heavy atom. The molecule has 0 fully saturated rings. The quantitative estimate of drug-likeness (QED) is 0.852. The van der Waals surface area contributed by atoms with Crippen LogP contribution in [-0.2, 0) is 6.61 Å². The Kier molecular flexibility index (Phi) is 3.68. The highest BCUT2D eigenvalue weighted by Gasteiger charge is 2.17. The third-order valence-electron chi connectivity index (χ3n) is 3.31. The number of benzene rings is 2. The molecule has 102 valence electrons. The highest BCUT2D eigenvalue weighted by atomic mass is 16.5. The summed E-state index contributed by atoms with van der Waals surface area (Å²) in [6.07, 6.45) is 1.32. The number of ketones is 1. The van der Waals surface area contributed by atoms with Gasteiger partial charge in [0.2, 0.25) is 0 Å². The molecular formula is C17H16O3. The van der Waals surface area contributed by atoms with Crippen molar-refractivity contribution >= 4 is 5.78 Å². The summed E-state index contributed by atoms with van der Waals surface area (Å²) >= 11 is 0.